The Morgan fingerprint density at radius 2 is 1.89 bits per heavy atom. The lowest BCUT2D eigenvalue weighted by atomic mass is 9.88. The molecule has 0 spiro atoms. The second kappa shape index (κ2) is 10.2. The number of rotatable bonds is 9. The quantitative estimate of drug-likeness (QED) is 0.369. The number of aliphatic hydroxyl groups is 2. The number of pyridine rings is 2. The molecule has 2 aromatic heterocycles. The van der Waals surface area contributed by atoms with E-state index in [0.29, 0.717) is 0 Å². The van der Waals surface area contributed by atoms with Crippen molar-refractivity contribution in [2.75, 3.05) is 0 Å². The molecular weight excluding hydrogens is 485 g/mol. The standard InChI is InChI=1S/C23H31F2N2O7P/c1-6-11(4)35(31,32)34-23(7-2,8-3)10-15-18(28)19(29)20(33-15)14-9-13-17(25)16(24)12(5)26-21(13)27-22(14)30/h9,15,18-20,28-29H,4,6-8,10H2,1-3,5H3,(H,31,32)(H,26,27,30). The summed E-state index contributed by atoms with van der Waals surface area (Å²) in [5, 5.41) is 21.1. The SMILES string of the molecule is C=C(CC)P(=O)(O)OC(CC)(CC)CC1OC(c2cc3c(F)c(F)c(C)nc3[nH]c2=O)C(O)C1O. The topological polar surface area (TPSA) is 142 Å². The number of H-pyrrole nitrogens is 1. The van der Waals surface area contributed by atoms with Crippen molar-refractivity contribution >= 4 is 18.6 Å². The molecule has 0 bridgehead atoms. The van der Waals surface area contributed by atoms with Gasteiger partial charge in [-0.05, 0) is 32.3 Å². The molecule has 194 valence electrons. The third-order valence-corrected chi connectivity index (χ3v) is 8.48. The molecule has 1 aliphatic heterocycles. The van der Waals surface area contributed by atoms with E-state index in [9.17, 15) is 33.2 Å². The lowest BCUT2D eigenvalue weighted by Gasteiger charge is -2.36. The maximum atomic E-state index is 14.5. The van der Waals surface area contributed by atoms with E-state index in [1.807, 2.05) is 0 Å². The highest BCUT2D eigenvalue weighted by Crippen LogP contribution is 2.56. The Morgan fingerprint density at radius 3 is 2.46 bits per heavy atom. The van der Waals surface area contributed by atoms with Crippen LogP contribution in [0.3, 0.4) is 0 Å². The summed E-state index contributed by atoms with van der Waals surface area (Å²) in [5.74, 6) is -2.38. The van der Waals surface area contributed by atoms with Gasteiger partial charge >= 0.3 is 7.60 Å². The molecule has 0 radical (unpaired) electrons. The third-order valence-electron chi connectivity index (χ3n) is 6.73. The van der Waals surface area contributed by atoms with Crippen LogP contribution in [-0.4, -0.2) is 49.0 Å². The first-order chi connectivity index (χ1) is 16.3. The van der Waals surface area contributed by atoms with Crippen LogP contribution in [0.15, 0.2) is 22.8 Å². The summed E-state index contributed by atoms with van der Waals surface area (Å²) < 4.78 is 52.7. The van der Waals surface area contributed by atoms with Gasteiger partial charge in [0, 0.05) is 17.3 Å². The molecule has 9 nitrogen and oxygen atoms in total. The summed E-state index contributed by atoms with van der Waals surface area (Å²) in [4.78, 5) is 29.3. The molecule has 35 heavy (non-hydrogen) atoms. The summed E-state index contributed by atoms with van der Waals surface area (Å²) >= 11 is 0. The number of aliphatic hydroxyl groups excluding tert-OH is 2. The highest BCUT2D eigenvalue weighted by Gasteiger charge is 2.49. The minimum atomic E-state index is -4.19. The summed E-state index contributed by atoms with van der Waals surface area (Å²) in [6, 6.07) is 1.04. The number of allylic oxidation sites excluding steroid dienone is 1. The number of ether oxygens (including phenoxy) is 1. The molecular formula is C23H31F2N2O7P. The molecule has 1 aliphatic rings. The van der Waals surface area contributed by atoms with E-state index >= 15 is 0 Å². The summed E-state index contributed by atoms with van der Waals surface area (Å²) in [6.07, 6.45) is -4.80. The molecule has 0 saturated carbocycles. The van der Waals surface area contributed by atoms with Gasteiger partial charge in [-0.15, -0.1) is 0 Å². The van der Waals surface area contributed by atoms with Crippen LogP contribution in [0.25, 0.3) is 11.0 Å². The number of aryl methyl sites for hydroxylation is 1. The van der Waals surface area contributed by atoms with Crippen molar-refractivity contribution in [2.24, 2.45) is 0 Å². The molecule has 3 heterocycles. The van der Waals surface area contributed by atoms with Gasteiger partial charge in [-0.2, -0.15) is 0 Å². The van der Waals surface area contributed by atoms with Crippen molar-refractivity contribution in [2.45, 2.75) is 83.4 Å². The minimum absolute atomic E-state index is 0.0374. The monoisotopic (exact) mass is 516 g/mol. The number of fused-ring (bicyclic) bond motifs is 1. The lowest BCUT2D eigenvalue weighted by Crippen LogP contribution is -2.40. The first-order valence-electron chi connectivity index (χ1n) is 11.4. The molecule has 4 N–H and O–H groups in total. The van der Waals surface area contributed by atoms with Gasteiger partial charge in [-0.25, -0.2) is 13.8 Å². The van der Waals surface area contributed by atoms with Crippen LogP contribution < -0.4 is 5.56 Å². The van der Waals surface area contributed by atoms with Crippen molar-refractivity contribution in [1.82, 2.24) is 9.97 Å². The van der Waals surface area contributed by atoms with Crippen molar-refractivity contribution < 1.29 is 37.7 Å². The van der Waals surface area contributed by atoms with E-state index in [2.05, 4.69) is 16.5 Å². The number of aromatic nitrogens is 2. The number of hydrogen-bond donors (Lipinski definition) is 4. The Balaban J connectivity index is 1.95. The Kier molecular flexibility index (Phi) is 8.00. The smallest absolute Gasteiger partial charge is 0.354 e. The highest BCUT2D eigenvalue weighted by atomic mass is 31.2. The Labute approximate surface area is 201 Å². The number of nitrogens with zero attached hydrogens (tertiary/aromatic N) is 1. The van der Waals surface area contributed by atoms with Crippen LogP contribution in [0.2, 0.25) is 0 Å². The van der Waals surface area contributed by atoms with Crippen molar-refractivity contribution in [3.63, 3.8) is 0 Å². The molecule has 5 unspecified atom stereocenters. The average molecular weight is 516 g/mol. The van der Waals surface area contributed by atoms with E-state index in [1.54, 1.807) is 20.8 Å². The van der Waals surface area contributed by atoms with Gasteiger partial charge in [0.2, 0.25) is 0 Å². The van der Waals surface area contributed by atoms with E-state index in [0.717, 1.165) is 6.07 Å². The van der Waals surface area contributed by atoms with Gasteiger partial charge in [0.1, 0.15) is 24.0 Å². The zero-order chi connectivity index (χ0) is 26.3. The molecule has 2 aromatic rings. The summed E-state index contributed by atoms with van der Waals surface area (Å²) in [7, 11) is -4.19. The molecule has 12 heteroatoms. The van der Waals surface area contributed by atoms with Gasteiger partial charge in [-0.3, -0.25) is 13.9 Å². The predicted molar refractivity (Wildman–Crippen MR) is 125 cm³/mol. The normalized spacial score (nSPS) is 24.6. The van der Waals surface area contributed by atoms with Crippen LogP contribution in [0.1, 0.15) is 63.8 Å². The van der Waals surface area contributed by atoms with Crippen LogP contribution in [-0.2, 0) is 13.8 Å². The molecule has 5 atom stereocenters. The molecule has 3 rings (SSSR count). The Hall–Kier alpha value is -2.01. The van der Waals surface area contributed by atoms with Crippen LogP contribution in [0.5, 0.6) is 0 Å². The average Bonchev–Trinajstić information content (AvgIpc) is 3.09. The Bertz CT molecular complexity index is 1230. The number of aromatic amines is 1. The van der Waals surface area contributed by atoms with Gasteiger partial charge in [-0.1, -0.05) is 27.4 Å². The lowest BCUT2D eigenvalue weighted by molar-refractivity contribution is -0.0545. The zero-order valence-corrected chi connectivity index (χ0v) is 20.9. The molecule has 0 aromatic carbocycles. The highest BCUT2D eigenvalue weighted by molar-refractivity contribution is 7.57. The van der Waals surface area contributed by atoms with E-state index < -0.39 is 54.8 Å². The third kappa shape index (κ3) is 5.12. The van der Waals surface area contributed by atoms with Crippen LogP contribution in [0.4, 0.5) is 8.78 Å². The molecule has 1 fully saturated rings. The minimum Gasteiger partial charge on any atom is -0.388 e. The van der Waals surface area contributed by atoms with Gasteiger partial charge in [0.15, 0.2) is 11.6 Å². The second-order valence-electron chi connectivity index (χ2n) is 8.84. The fourth-order valence-corrected chi connectivity index (χ4v) is 5.66. The van der Waals surface area contributed by atoms with Crippen molar-refractivity contribution in [3.8, 4) is 0 Å². The van der Waals surface area contributed by atoms with Crippen LogP contribution in [0, 0.1) is 18.6 Å². The van der Waals surface area contributed by atoms with Crippen LogP contribution >= 0.6 is 7.60 Å². The summed E-state index contributed by atoms with van der Waals surface area (Å²) in [6.45, 7) is 10.0. The maximum Gasteiger partial charge on any atom is 0.354 e. The zero-order valence-electron chi connectivity index (χ0n) is 20.0. The molecule has 0 amide bonds. The maximum absolute atomic E-state index is 14.5. The van der Waals surface area contributed by atoms with E-state index in [1.165, 1.54) is 6.92 Å². The fourth-order valence-electron chi connectivity index (χ4n) is 4.27. The fraction of sp³-hybridized carbons (Fsp3) is 0.565. The first kappa shape index (κ1) is 27.6. The van der Waals surface area contributed by atoms with E-state index in [-0.39, 0.29) is 53.3 Å². The summed E-state index contributed by atoms with van der Waals surface area (Å²) in [5.41, 5.74) is -2.57. The number of nitrogens with one attached hydrogen (secondary N) is 1. The molecule has 0 aliphatic carbocycles. The Morgan fingerprint density at radius 1 is 1.26 bits per heavy atom. The van der Waals surface area contributed by atoms with Gasteiger partial charge in [0.05, 0.1) is 22.8 Å². The number of hydrogen-bond acceptors (Lipinski definition) is 7. The van der Waals surface area contributed by atoms with Crippen molar-refractivity contribution in [1.29, 1.82) is 0 Å². The largest absolute Gasteiger partial charge is 0.388 e. The van der Waals surface area contributed by atoms with Gasteiger partial charge < -0.3 is 24.8 Å². The second-order valence-corrected chi connectivity index (χ2v) is 10.7. The van der Waals surface area contributed by atoms with Gasteiger partial charge in [0.25, 0.3) is 5.56 Å². The molecule has 1 saturated heterocycles. The van der Waals surface area contributed by atoms with E-state index in [4.69, 9.17) is 9.26 Å². The van der Waals surface area contributed by atoms with Crippen molar-refractivity contribution in [3.05, 3.63) is 51.2 Å². The first-order valence-corrected chi connectivity index (χ1v) is 13.0. The predicted octanol–water partition coefficient (Wildman–Crippen LogP) is 3.75. The number of halogens is 2.